The summed E-state index contributed by atoms with van der Waals surface area (Å²) in [6, 6.07) is 0. The van der Waals surface area contributed by atoms with Gasteiger partial charge in [0.1, 0.15) is 5.69 Å². The number of nitrogens with zero attached hydrogens (tertiary/aromatic N) is 4. The Labute approximate surface area is 143 Å². The number of amides is 2. The molecule has 0 aliphatic carbocycles. The van der Waals surface area contributed by atoms with Crippen LogP contribution in [0.15, 0.2) is 23.3 Å². The summed E-state index contributed by atoms with van der Waals surface area (Å²) in [5.74, 6) is 0.187. The first-order valence-corrected chi connectivity index (χ1v) is 8.99. The zero-order valence-electron chi connectivity index (χ0n) is 13.4. The number of carbonyl (C=O) groups is 2. The van der Waals surface area contributed by atoms with Crippen LogP contribution in [0.1, 0.15) is 41.2 Å². The summed E-state index contributed by atoms with van der Waals surface area (Å²) in [6.07, 6.45) is 5.84. The lowest BCUT2D eigenvalue weighted by molar-refractivity contribution is -0.120. The van der Waals surface area contributed by atoms with Crippen LogP contribution in [0.5, 0.6) is 0 Å². The molecular weight excluding hydrogens is 326 g/mol. The third-order valence-corrected chi connectivity index (χ3v) is 5.75. The highest BCUT2D eigenvalue weighted by molar-refractivity contribution is 7.07. The number of carbonyl (C=O) groups excluding carboxylic acids is 2. The maximum atomic E-state index is 12.5. The van der Waals surface area contributed by atoms with Crippen molar-refractivity contribution in [1.82, 2.24) is 25.0 Å². The molecule has 7 nitrogen and oxygen atoms in total. The van der Waals surface area contributed by atoms with Crippen molar-refractivity contribution in [2.24, 2.45) is 7.05 Å². The minimum Gasteiger partial charge on any atom is -0.350 e. The van der Waals surface area contributed by atoms with Gasteiger partial charge in [-0.25, -0.2) is 4.98 Å². The smallest absolute Gasteiger partial charge is 0.273 e. The number of aryl methyl sites for hydroxylation is 1. The third-order valence-electron chi connectivity index (χ3n) is 5.17. The Balaban J connectivity index is 1.52. The molecule has 2 saturated heterocycles. The molecule has 2 aromatic heterocycles. The van der Waals surface area contributed by atoms with Crippen LogP contribution >= 0.6 is 11.3 Å². The molecule has 8 heteroatoms. The minimum atomic E-state index is -0.265. The van der Waals surface area contributed by atoms with Crippen molar-refractivity contribution < 1.29 is 9.59 Å². The predicted octanol–water partition coefficient (Wildman–Crippen LogP) is 1.16. The molecule has 2 aliphatic rings. The summed E-state index contributed by atoms with van der Waals surface area (Å²) in [5.41, 5.74) is 3.01. The van der Waals surface area contributed by atoms with E-state index in [1.807, 2.05) is 24.3 Å². The summed E-state index contributed by atoms with van der Waals surface area (Å²) in [4.78, 5) is 30.5. The van der Waals surface area contributed by atoms with Gasteiger partial charge in [0.05, 0.1) is 17.2 Å². The Morgan fingerprint density at radius 2 is 2.21 bits per heavy atom. The molecule has 1 spiro atoms. The van der Waals surface area contributed by atoms with Crippen LogP contribution in [0.4, 0.5) is 0 Å². The molecule has 2 fully saturated rings. The molecule has 2 aromatic rings. The molecule has 1 atom stereocenters. The monoisotopic (exact) mass is 345 g/mol. The van der Waals surface area contributed by atoms with Crippen molar-refractivity contribution >= 4 is 23.2 Å². The van der Waals surface area contributed by atoms with Crippen LogP contribution in [-0.2, 0) is 11.8 Å². The van der Waals surface area contributed by atoms with Crippen molar-refractivity contribution in [2.75, 3.05) is 13.1 Å². The lowest BCUT2D eigenvalue weighted by Crippen LogP contribution is -2.54. The van der Waals surface area contributed by atoms with E-state index in [4.69, 9.17) is 0 Å². The SMILES string of the molecule is Cn1cc(C2CC(=O)NC23CCN(C(=O)c2cscn2)CC3)cn1. The van der Waals surface area contributed by atoms with Crippen molar-refractivity contribution in [2.45, 2.75) is 30.7 Å². The quantitative estimate of drug-likeness (QED) is 0.886. The molecule has 0 radical (unpaired) electrons. The fourth-order valence-electron chi connectivity index (χ4n) is 3.92. The van der Waals surface area contributed by atoms with Crippen LogP contribution < -0.4 is 5.32 Å². The number of piperidine rings is 1. The van der Waals surface area contributed by atoms with Gasteiger partial charge in [0.2, 0.25) is 5.91 Å². The third kappa shape index (κ3) is 2.50. The van der Waals surface area contributed by atoms with E-state index in [9.17, 15) is 9.59 Å². The first kappa shape index (κ1) is 15.3. The van der Waals surface area contributed by atoms with Crippen LogP contribution in [0.25, 0.3) is 0 Å². The van der Waals surface area contributed by atoms with E-state index in [2.05, 4.69) is 15.4 Å². The number of thiazole rings is 1. The molecule has 1 unspecified atom stereocenters. The second-order valence-corrected chi connectivity index (χ2v) is 7.29. The molecule has 0 aromatic carbocycles. The van der Waals surface area contributed by atoms with Gasteiger partial charge in [-0.15, -0.1) is 11.3 Å². The average Bonchev–Trinajstić information content (AvgIpc) is 3.28. The van der Waals surface area contributed by atoms with Crippen molar-refractivity contribution in [1.29, 1.82) is 0 Å². The number of rotatable bonds is 2. The summed E-state index contributed by atoms with van der Waals surface area (Å²) in [5, 5.41) is 9.22. The van der Waals surface area contributed by atoms with E-state index in [1.54, 1.807) is 15.6 Å². The Hall–Kier alpha value is -2.22. The predicted molar refractivity (Wildman–Crippen MR) is 88.7 cm³/mol. The summed E-state index contributed by atoms with van der Waals surface area (Å²) in [7, 11) is 1.88. The number of nitrogens with one attached hydrogen (secondary N) is 1. The van der Waals surface area contributed by atoms with Gasteiger partial charge < -0.3 is 10.2 Å². The van der Waals surface area contributed by atoms with Crippen LogP contribution in [0.3, 0.4) is 0 Å². The van der Waals surface area contributed by atoms with E-state index in [1.165, 1.54) is 11.3 Å². The van der Waals surface area contributed by atoms with Gasteiger partial charge >= 0.3 is 0 Å². The Bertz CT molecular complexity index is 761. The second kappa shape index (κ2) is 5.70. The first-order valence-electron chi connectivity index (χ1n) is 8.04. The molecule has 0 saturated carbocycles. The van der Waals surface area contributed by atoms with Gasteiger partial charge in [0.15, 0.2) is 0 Å². The van der Waals surface area contributed by atoms with Crippen molar-refractivity contribution in [3.05, 3.63) is 34.5 Å². The normalized spacial score (nSPS) is 22.8. The molecule has 24 heavy (non-hydrogen) atoms. The van der Waals surface area contributed by atoms with E-state index < -0.39 is 0 Å². The van der Waals surface area contributed by atoms with E-state index in [0.29, 0.717) is 25.2 Å². The molecule has 4 heterocycles. The second-order valence-electron chi connectivity index (χ2n) is 6.57. The van der Waals surface area contributed by atoms with Gasteiger partial charge in [-0.1, -0.05) is 0 Å². The number of hydrogen-bond donors (Lipinski definition) is 1. The molecular formula is C16H19N5O2S. The van der Waals surface area contributed by atoms with E-state index >= 15 is 0 Å². The maximum absolute atomic E-state index is 12.5. The number of hydrogen-bond acceptors (Lipinski definition) is 5. The van der Waals surface area contributed by atoms with Crippen molar-refractivity contribution in [3.63, 3.8) is 0 Å². The highest BCUT2D eigenvalue weighted by Crippen LogP contribution is 2.43. The Kier molecular flexibility index (Phi) is 3.64. The van der Waals surface area contributed by atoms with Crippen molar-refractivity contribution in [3.8, 4) is 0 Å². The fraction of sp³-hybridized carbons (Fsp3) is 0.500. The Morgan fingerprint density at radius 1 is 1.42 bits per heavy atom. The van der Waals surface area contributed by atoms with Crippen LogP contribution in [-0.4, -0.2) is 50.1 Å². The van der Waals surface area contributed by atoms with Gasteiger partial charge in [0, 0.05) is 44.1 Å². The largest absolute Gasteiger partial charge is 0.350 e. The van der Waals surface area contributed by atoms with Gasteiger partial charge in [0.25, 0.3) is 5.91 Å². The number of likely N-dealkylation sites (tertiary alicyclic amines) is 1. The first-order chi connectivity index (χ1) is 11.6. The standard InChI is InChI=1S/C16H19N5O2S/c1-20-8-11(7-18-20)12-6-14(22)19-16(12)2-4-21(5-3-16)15(23)13-9-24-10-17-13/h7-10,12H,2-6H2,1H3,(H,19,22). The van der Waals surface area contributed by atoms with Gasteiger partial charge in [-0.2, -0.15) is 5.10 Å². The highest BCUT2D eigenvalue weighted by atomic mass is 32.1. The molecule has 0 bridgehead atoms. The number of aromatic nitrogens is 3. The molecule has 2 aliphatic heterocycles. The minimum absolute atomic E-state index is 0.0200. The summed E-state index contributed by atoms with van der Waals surface area (Å²) < 4.78 is 1.77. The Morgan fingerprint density at radius 3 is 2.83 bits per heavy atom. The molecule has 126 valence electrons. The van der Waals surface area contributed by atoms with Crippen LogP contribution in [0.2, 0.25) is 0 Å². The fourth-order valence-corrected chi connectivity index (χ4v) is 4.44. The van der Waals surface area contributed by atoms with Gasteiger partial charge in [-0.3, -0.25) is 14.3 Å². The summed E-state index contributed by atoms with van der Waals surface area (Å²) >= 11 is 1.43. The van der Waals surface area contributed by atoms with E-state index in [-0.39, 0.29) is 23.3 Å². The van der Waals surface area contributed by atoms with Crippen LogP contribution in [0, 0.1) is 0 Å². The topological polar surface area (TPSA) is 80.1 Å². The lowest BCUT2D eigenvalue weighted by atomic mass is 9.75. The zero-order chi connectivity index (χ0) is 16.7. The lowest BCUT2D eigenvalue weighted by Gasteiger charge is -2.42. The zero-order valence-corrected chi connectivity index (χ0v) is 14.3. The molecule has 2 amide bonds. The average molecular weight is 345 g/mol. The maximum Gasteiger partial charge on any atom is 0.273 e. The molecule has 1 N–H and O–H groups in total. The van der Waals surface area contributed by atoms with Gasteiger partial charge in [-0.05, 0) is 18.4 Å². The van der Waals surface area contributed by atoms with E-state index in [0.717, 1.165) is 18.4 Å². The molecule has 4 rings (SSSR count). The highest BCUT2D eigenvalue weighted by Gasteiger charge is 2.49. The summed E-state index contributed by atoms with van der Waals surface area (Å²) in [6.45, 7) is 1.26.